The highest BCUT2D eigenvalue weighted by Gasteiger charge is 2.27. The number of nitrogens with one attached hydrogen (secondary N) is 1. The van der Waals surface area contributed by atoms with Gasteiger partial charge in [-0.15, -0.1) is 0 Å². The summed E-state index contributed by atoms with van der Waals surface area (Å²) in [7, 11) is 0. The van der Waals surface area contributed by atoms with Crippen LogP contribution in [0.1, 0.15) is 12.8 Å². The minimum atomic E-state index is -0.158. The van der Waals surface area contributed by atoms with Gasteiger partial charge in [0.2, 0.25) is 0 Å². The van der Waals surface area contributed by atoms with Crippen molar-refractivity contribution in [2.75, 3.05) is 5.32 Å². The Balaban J connectivity index is 1.11. The molecule has 0 fully saturated rings. The monoisotopic (exact) mass is 605 g/mol. The molecule has 47 heavy (non-hydrogen) atoms. The maximum Gasteiger partial charge on any atom is 0.196 e. The molecule has 0 bridgehead atoms. The Hall–Kier alpha value is -6.00. The van der Waals surface area contributed by atoms with Gasteiger partial charge < -0.3 is 10.1 Å². The lowest BCUT2D eigenvalue weighted by molar-refractivity contribution is 0.293. The van der Waals surface area contributed by atoms with Gasteiger partial charge >= 0.3 is 0 Å². The molecule has 1 N–H and O–H groups in total. The highest BCUT2D eigenvalue weighted by Crippen LogP contribution is 2.44. The van der Waals surface area contributed by atoms with Gasteiger partial charge in [0.1, 0.15) is 5.75 Å². The Morgan fingerprint density at radius 1 is 0.574 bits per heavy atom. The Bertz CT molecular complexity index is 2300. The standard InChI is InChI=1S/C43H31N3O/c1-4-11-28(12-5-1)37-27-38(29-13-6-2-7-14-29)45-42(44-37)35-18-10-17-32(26-35)33-21-23-36-34(25-33)20-19-30-22-24-39-41(40(30)36)46-43(47-39)31-15-8-3-9-16-31/h1-2,4-8,10-27,43,46H,3,9H2. The molecule has 6 aromatic carbocycles. The van der Waals surface area contributed by atoms with E-state index in [4.69, 9.17) is 14.7 Å². The number of rotatable bonds is 5. The van der Waals surface area contributed by atoms with Crippen molar-refractivity contribution < 1.29 is 4.74 Å². The van der Waals surface area contributed by atoms with Crippen LogP contribution in [-0.4, -0.2) is 16.2 Å². The number of fused-ring (bicyclic) bond motifs is 5. The number of aromatic nitrogens is 2. The van der Waals surface area contributed by atoms with Gasteiger partial charge in [-0.2, -0.15) is 0 Å². The van der Waals surface area contributed by atoms with Crippen molar-refractivity contribution in [2.45, 2.75) is 19.1 Å². The van der Waals surface area contributed by atoms with Crippen LogP contribution in [0.4, 0.5) is 5.69 Å². The minimum absolute atomic E-state index is 0.158. The quantitative estimate of drug-likeness (QED) is 0.198. The predicted molar refractivity (Wildman–Crippen MR) is 193 cm³/mol. The maximum absolute atomic E-state index is 6.38. The average Bonchev–Trinajstić information content (AvgIpc) is 3.60. The van der Waals surface area contributed by atoms with Crippen molar-refractivity contribution in [1.29, 1.82) is 0 Å². The molecule has 0 radical (unpaired) electrons. The summed E-state index contributed by atoms with van der Waals surface area (Å²) in [6.45, 7) is 0. The summed E-state index contributed by atoms with van der Waals surface area (Å²) < 4.78 is 6.38. The molecule has 0 saturated carbocycles. The first-order valence-corrected chi connectivity index (χ1v) is 16.2. The fourth-order valence-corrected chi connectivity index (χ4v) is 6.75. The van der Waals surface area contributed by atoms with E-state index in [1.54, 1.807) is 0 Å². The number of nitrogens with zero attached hydrogens (tertiary/aromatic N) is 2. The number of allylic oxidation sites excluding steroid dienone is 2. The van der Waals surface area contributed by atoms with Crippen LogP contribution >= 0.6 is 0 Å². The zero-order chi connectivity index (χ0) is 31.2. The van der Waals surface area contributed by atoms with Gasteiger partial charge in [0.05, 0.1) is 17.1 Å². The number of benzene rings is 6. The highest BCUT2D eigenvalue weighted by molar-refractivity contribution is 6.15. The highest BCUT2D eigenvalue weighted by atomic mass is 16.5. The lowest BCUT2D eigenvalue weighted by Crippen LogP contribution is -2.22. The van der Waals surface area contributed by atoms with Crippen molar-refractivity contribution in [1.82, 2.24) is 9.97 Å². The number of hydrogen-bond donors (Lipinski definition) is 1. The molecule has 7 aromatic rings. The Morgan fingerprint density at radius 3 is 2.00 bits per heavy atom. The van der Waals surface area contributed by atoms with E-state index in [1.165, 1.54) is 27.1 Å². The van der Waals surface area contributed by atoms with Crippen molar-refractivity contribution in [3.05, 3.63) is 157 Å². The fraction of sp³-hybridized carbons (Fsp3) is 0.0698. The molecule has 224 valence electrons. The van der Waals surface area contributed by atoms with Gasteiger partial charge in [0.15, 0.2) is 12.1 Å². The van der Waals surface area contributed by atoms with Crippen LogP contribution in [0, 0.1) is 0 Å². The second kappa shape index (κ2) is 11.4. The maximum atomic E-state index is 6.38. The number of anilines is 1. The fourth-order valence-electron chi connectivity index (χ4n) is 6.75. The summed E-state index contributed by atoms with van der Waals surface area (Å²) in [4.78, 5) is 10.1. The van der Waals surface area contributed by atoms with Crippen molar-refractivity contribution in [2.24, 2.45) is 0 Å². The minimum Gasteiger partial charge on any atom is -0.464 e. The normalized spacial score (nSPS) is 15.2. The smallest absolute Gasteiger partial charge is 0.196 e. The Morgan fingerprint density at radius 2 is 1.26 bits per heavy atom. The van der Waals surface area contributed by atoms with Gasteiger partial charge in [-0.05, 0) is 64.4 Å². The first kappa shape index (κ1) is 27.3. The van der Waals surface area contributed by atoms with Crippen LogP contribution < -0.4 is 10.1 Å². The van der Waals surface area contributed by atoms with Crippen LogP contribution in [0.2, 0.25) is 0 Å². The van der Waals surface area contributed by atoms with Crippen LogP contribution in [0.15, 0.2) is 157 Å². The average molecular weight is 606 g/mol. The SMILES string of the molecule is C1=CC(C2Nc3c(ccc4ccc5cc(-c6cccc(-c7nc(-c8ccccc8)cc(-c8ccccc8)n7)c6)ccc5c34)O2)=CCC1. The zero-order valence-corrected chi connectivity index (χ0v) is 25.7. The second-order valence-electron chi connectivity index (χ2n) is 12.1. The molecule has 0 saturated heterocycles. The summed E-state index contributed by atoms with van der Waals surface area (Å²) in [5.41, 5.74) is 9.44. The predicted octanol–water partition coefficient (Wildman–Crippen LogP) is 10.9. The third-order valence-corrected chi connectivity index (χ3v) is 9.13. The van der Waals surface area contributed by atoms with Crippen molar-refractivity contribution in [3.63, 3.8) is 0 Å². The van der Waals surface area contributed by atoms with E-state index in [1.807, 2.05) is 36.4 Å². The van der Waals surface area contributed by atoms with Crippen LogP contribution in [-0.2, 0) is 0 Å². The molecule has 4 heteroatoms. The lowest BCUT2D eigenvalue weighted by Gasteiger charge is -2.15. The lowest BCUT2D eigenvalue weighted by atomic mass is 9.95. The molecule has 1 atom stereocenters. The molecule has 0 spiro atoms. The van der Waals surface area contributed by atoms with Gasteiger partial charge in [-0.3, -0.25) is 0 Å². The van der Waals surface area contributed by atoms with Gasteiger partial charge in [0, 0.05) is 27.6 Å². The van der Waals surface area contributed by atoms with E-state index in [2.05, 4.69) is 121 Å². The van der Waals surface area contributed by atoms with E-state index >= 15 is 0 Å². The summed E-state index contributed by atoms with van der Waals surface area (Å²) in [6.07, 6.45) is 8.66. The summed E-state index contributed by atoms with van der Waals surface area (Å²) in [6, 6.07) is 46.7. The molecule has 2 aliphatic rings. The zero-order valence-electron chi connectivity index (χ0n) is 25.7. The molecule has 1 aliphatic heterocycles. The van der Waals surface area contributed by atoms with E-state index < -0.39 is 0 Å². The van der Waals surface area contributed by atoms with Crippen molar-refractivity contribution in [3.8, 4) is 50.8 Å². The summed E-state index contributed by atoms with van der Waals surface area (Å²) in [5.74, 6) is 1.61. The number of hydrogen-bond acceptors (Lipinski definition) is 4. The van der Waals surface area contributed by atoms with E-state index in [-0.39, 0.29) is 6.23 Å². The Kier molecular flexibility index (Phi) is 6.64. The molecule has 1 aliphatic carbocycles. The van der Waals surface area contributed by atoms with Crippen LogP contribution in [0.25, 0.3) is 66.6 Å². The third kappa shape index (κ3) is 5.04. The molecule has 4 nitrogen and oxygen atoms in total. The third-order valence-electron chi connectivity index (χ3n) is 9.13. The molecule has 1 unspecified atom stereocenters. The summed E-state index contributed by atoms with van der Waals surface area (Å²) in [5, 5.41) is 8.47. The Labute approximate surface area is 273 Å². The van der Waals surface area contributed by atoms with Crippen LogP contribution in [0.5, 0.6) is 5.75 Å². The van der Waals surface area contributed by atoms with E-state index in [9.17, 15) is 0 Å². The van der Waals surface area contributed by atoms with Crippen LogP contribution in [0.3, 0.4) is 0 Å². The molecular weight excluding hydrogens is 574 g/mol. The first-order chi connectivity index (χ1) is 23.3. The van der Waals surface area contributed by atoms with E-state index in [0.29, 0.717) is 5.82 Å². The first-order valence-electron chi connectivity index (χ1n) is 16.2. The van der Waals surface area contributed by atoms with Gasteiger partial charge in [-0.25, -0.2) is 9.97 Å². The molecule has 1 aromatic heterocycles. The van der Waals surface area contributed by atoms with E-state index in [0.717, 1.165) is 63.5 Å². The second-order valence-corrected chi connectivity index (χ2v) is 12.1. The summed E-state index contributed by atoms with van der Waals surface area (Å²) >= 11 is 0. The molecule has 2 heterocycles. The number of ether oxygens (including phenoxy) is 1. The van der Waals surface area contributed by atoms with Gasteiger partial charge in [-0.1, -0.05) is 127 Å². The molecule has 0 amide bonds. The van der Waals surface area contributed by atoms with Crippen molar-refractivity contribution >= 4 is 27.2 Å². The largest absolute Gasteiger partial charge is 0.464 e. The molecule has 9 rings (SSSR count). The molecular formula is C43H31N3O. The van der Waals surface area contributed by atoms with Gasteiger partial charge in [0.25, 0.3) is 0 Å². The topological polar surface area (TPSA) is 47.0 Å².